The summed E-state index contributed by atoms with van der Waals surface area (Å²) in [6.07, 6.45) is -0.120. The molecule has 6 heteroatoms. The Hall–Kier alpha value is -3.33. The topological polar surface area (TPSA) is 96.4 Å². The van der Waals surface area contributed by atoms with Crippen LogP contribution in [-0.2, 0) is 16.0 Å². The summed E-state index contributed by atoms with van der Waals surface area (Å²) >= 11 is 0. The largest absolute Gasteiger partial charge is 0.481 e. The predicted molar refractivity (Wildman–Crippen MR) is 95.0 cm³/mol. The molecular formula is C20H19N3O3. The average Bonchev–Trinajstić information content (AvgIpc) is 2.66. The molecule has 1 heterocycles. The zero-order chi connectivity index (χ0) is 18.7. The van der Waals surface area contributed by atoms with Gasteiger partial charge in [0.05, 0.1) is 11.6 Å². The third-order valence-electron chi connectivity index (χ3n) is 4.48. The normalized spacial score (nSPS) is 16.9. The minimum absolute atomic E-state index is 0.298. The second kappa shape index (κ2) is 7.28. The first kappa shape index (κ1) is 17.5. The molecule has 2 aromatic rings. The summed E-state index contributed by atoms with van der Waals surface area (Å²) in [6.45, 7) is 2.05. The molecule has 0 bridgehead atoms. The number of primary amides is 1. The van der Waals surface area contributed by atoms with E-state index in [2.05, 4.69) is 0 Å². The molecule has 0 unspecified atom stereocenters. The number of carbonyl (C=O) groups is 2. The van der Waals surface area contributed by atoms with Crippen LogP contribution in [0.3, 0.4) is 0 Å². The van der Waals surface area contributed by atoms with E-state index in [0.717, 1.165) is 11.1 Å². The first-order valence-corrected chi connectivity index (χ1v) is 8.35. The third kappa shape index (κ3) is 3.38. The number of rotatable bonds is 4. The van der Waals surface area contributed by atoms with E-state index in [1.807, 2.05) is 30.3 Å². The third-order valence-corrected chi connectivity index (χ3v) is 4.48. The van der Waals surface area contributed by atoms with Crippen molar-refractivity contribution in [2.24, 2.45) is 5.73 Å². The molecule has 2 N–H and O–H groups in total. The van der Waals surface area contributed by atoms with Gasteiger partial charge in [-0.05, 0) is 48.7 Å². The van der Waals surface area contributed by atoms with Gasteiger partial charge in [0.1, 0.15) is 11.8 Å². The molecule has 0 radical (unpaired) electrons. The number of carbonyl (C=O) groups excluding carboxylic acids is 2. The molecule has 26 heavy (non-hydrogen) atoms. The molecule has 0 fully saturated rings. The molecule has 2 atom stereocenters. The summed E-state index contributed by atoms with van der Waals surface area (Å²) in [6, 6.07) is 15.3. The standard InChI is InChI=1S/C20H19N3O3/c1-13(26-16-8-6-14(12-21)7-9-16)20(25)23-11-10-15-4-2-3-5-17(15)18(23)19(22)24/h2-9,13,18H,10-11H2,1H3,(H2,22,24)/t13-,18-/m0/s1. The maximum Gasteiger partial charge on any atom is 0.264 e. The highest BCUT2D eigenvalue weighted by atomic mass is 16.5. The quantitative estimate of drug-likeness (QED) is 0.912. The van der Waals surface area contributed by atoms with Crippen molar-refractivity contribution in [1.29, 1.82) is 5.26 Å². The van der Waals surface area contributed by atoms with Crippen molar-refractivity contribution in [2.75, 3.05) is 6.54 Å². The first-order chi connectivity index (χ1) is 12.5. The smallest absolute Gasteiger partial charge is 0.264 e. The van der Waals surface area contributed by atoms with Crippen LogP contribution >= 0.6 is 0 Å². The van der Waals surface area contributed by atoms with Gasteiger partial charge in [0.15, 0.2) is 6.10 Å². The van der Waals surface area contributed by atoms with Gasteiger partial charge < -0.3 is 15.4 Å². The highest BCUT2D eigenvalue weighted by Crippen LogP contribution is 2.30. The van der Waals surface area contributed by atoms with Crippen molar-refractivity contribution in [1.82, 2.24) is 4.90 Å². The maximum atomic E-state index is 12.9. The number of amides is 2. The fraction of sp³-hybridized carbons (Fsp3) is 0.250. The van der Waals surface area contributed by atoms with E-state index in [4.69, 9.17) is 15.7 Å². The zero-order valence-corrected chi connectivity index (χ0v) is 14.4. The van der Waals surface area contributed by atoms with Crippen LogP contribution in [0.15, 0.2) is 48.5 Å². The van der Waals surface area contributed by atoms with Crippen molar-refractivity contribution in [3.63, 3.8) is 0 Å². The highest BCUT2D eigenvalue weighted by Gasteiger charge is 2.36. The Labute approximate surface area is 151 Å². The van der Waals surface area contributed by atoms with E-state index in [1.165, 1.54) is 4.90 Å². The van der Waals surface area contributed by atoms with Crippen molar-refractivity contribution >= 4 is 11.8 Å². The molecule has 1 aliphatic rings. The van der Waals surface area contributed by atoms with E-state index < -0.39 is 18.1 Å². The van der Waals surface area contributed by atoms with E-state index in [9.17, 15) is 9.59 Å². The van der Waals surface area contributed by atoms with Crippen LogP contribution in [0, 0.1) is 11.3 Å². The van der Waals surface area contributed by atoms with Crippen molar-refractivity contribution in [3.8, 4) is 11.8 Å². The second-order valence-corrected chi connectivity index (χ2v) is 6.18. The first-order valence-electron chi connectivity index (χ1n) is 8.35. The van der Waals surface area contributed by atoms with Gasteiger partial charge in [0.2, 0.25) is 5.91 Å². The highest BCUT2D eigenvalue weighted by molar-refractivity contribution is 5.90. The van der Waals surface area contributed by atoms with Crippen molar-refractivity contribution in [3.05, 3.63) is 65.2 Å². The number of nitrogens with zero attached hydrogens (tertiary/aromatic N) is 2. The molecule has 0 saturated carbocycles. The van der Waals surface area contributed by atoms with E-state index in [-0.39, 0.29) is 5.91 Å². The Kier molecular flexibility index (Phi) is 4.90. The molecule has 6 nitrogen and oxygen atoms in total. The Balaban J connectivity index is 1.79. The fourth-order valence-electron chi connectivity index (χ4n) is 3.21. The molecule has 0 aliphatic carbocycles. The SMILES string of the molecule is C[C@H](Oc1ccc(C#N)cc1)C(=O)N1CCc2ccccc2[C@H]1C(N)=O. The molecular weight excluding hydrogens is 330 g/mol. The lowest BCUT2D eigenvalue weighted by atomic mass is 9.92. The number of fused-ring (bicyclic) bond motifs is 1. The number of hydrogen-bond acceptors (Lipinski definition) is 4. The predicted octanol–water partition coefficient (Wildman–Crippen LogP) is 1.94. The van der Waals surface area contributed by atoms with Crippen LogP contribution in [0.4, 0.5) is 0 Å². The van der Waals surface area contributed by atoms with Gasteiger partial charge in [-0.2, -0.15) is 5.26 Å². The molecule has 0 aromatic heterocycles. The van der Waals surface area contributed by atoms with Crippen LogP contribution < -0.4 is 10.5 Å². The molecule has 2 aromatic carbocycles. The summed E-state index contributed by atoms with van der Waals surface area (Å²) in [5, 5.41) is 8.83. The number of ether oxygens (including phenoxy) is 1. The average molecular weight is 349 g/mol. The fourth-order valence-corrected chi connectivity index (χ4v) is 3.21. The summed E-state index contributed by atoms with van der Waals surface area (Å²) in [5.74, 6) is -0.373. The lowest BCUT2D eigenvalue weighted by Crippen LogP contribution is -2.49. The van der Waals surface area contributed by atoms with Gasteiger partial charge in [0, 0.05) is 6.54 Å². The summed E-state index contributed by atoms with van der Waals surface area (Å²) < 4.78 is 5.69. The molecule has 132 valence electrons. The molecule has 0 saturated heterocycles. The van der Waals surface area contributed by atoms with E-state index in [0.29, 0.717) is 24.3 Å². The second-order valence-electron chi connectivity index (χ2n) is 6.18. The van der Waals surface area contributed by atoms with Gasteiger partial charge in [0.25, 0.3) is 5.91 Å². The van der Waals surface area contributed by atoms with Gasteiger partial charge >= 0.3 is 0 Å². The van der Waals surface area contributed by atoms with Crippen LogP contribution in [0.2, 0.25) is 0 Å². The minimum atomic E-state index is -0.792. The Morgan fingerprint density at radius 1 is 1.23 bits per heavy atom. The molecule has 1 aliphatic heterocycles. The molecule has 0 spiro atoms. The Morgan fingerprint density at radius 2 is 1.92 bits per heavy atom. The summed E-state index contributed by atoms with van der Waals surface area (Å²) in [5.41, 5.74) is 7.90. The van der Waals surface area contributed by atoms with Crippen molar-refractivity contribution < 1.29 is 14.3 Å². The minimum Gasteiger partial charge on any atom is -0.481 e. The number of nitrogens with two attached hydrogens (primary N) is 1. The van der Waals surface area contributed by atoms with Gasteiger partial charge in [-0.3, -0.25) is 9.59 Å². The van der Waals surface area contributed by atoms with Crippen LogP contribution in [0.1, 0.15) is 29.7 Å². The van der Waals surface area contributed by atoms with Crippen LogP contribution in [0.25, 0.3) is 0 Å². The zero-order valence-electron chi connectivity index (χ0n) is 14.4. The lowest BCUT2D eigenvalue weighted by molar-refractivity contribution is -0.145. The lowest BCUT2D eigenvalue weighted by Gasteiger charge is -2.36. The van der Waals surface area contributed by atoms with Crippen LogP contribution in [0.5, 0.6) is 5.75 Å². The Bertz CT molecular complexity index is 871. The van der Waals surface area contributed by atoms with Crippen LogP contribution in [-0.4, -0.2) is 29.4 Å². The van der Waals surface area contributed by atoms with E-state index >= 15 is 0 Å². The number of nitriles is 1. The van der Waals surface area contributed by atoms with Gasteiger partial charge in [-0.15, -0.1) is 0 Å². The summed E-state index contributed by atoms with van der Waals surface area (Å²) in [7, 11) is 0. The van der Waals surface area contributed by atoms with Gasteiger partial charge in [-0.25, -0.2) is 0 Å². The molecule has 2 amide bonds. The Morgan fingerprint density at radius 3 is 2.58 bits per heavy atom. The monoisotopic (exact) mass is 349 g/mol. The maximum absolute atomic E-state index is 12.9. The number of hydrogen-bond donors (Lipinski definition) is 1. The van der Waals surface area contributed by atoms with E-state index in [1.54, 1.807) is 31.2 Å². The summed E-state index contributed by atoms with van der Waals surface area (Å²) in [4.78, 5) is 26.4. The van der Waals surface area contributed by atoms with Gasteiger partial charge in [-0.1, -0.05) is 24.3 Å². The van der Waals surface area contributed by atoms with Crippen molar-refractivity contribution in [2.45, 2.75) is 25.5 Å². The molecule has 3 rings (SSSR count). The number of benzene rings is 2.